The van der Waals surface area contributed by atoms with Crippen molar-refractivity contribution in [3.63, 3.8) is 0 Å². The molecule has 6 heteroatoms. The number of benzene rings is 1. The number of carbonyl (C=O) groups excluding carboxylic acids is 1. The van der Waals surface area contributed by atoms with E-state index in [4.69, 9.17) is 16.3 Å². The average Bonchev–Trinajstić information content (AvgIpc) is 3.13. The molecule has 1 fully saturated rings. The van der Waals surface area contributed by atoms with E-state index in [1.165, 1.54) is 11.3 Å². The highest BCUT2D eigenvalue weighted by Gasteiger charge is 2.24. The molecule has 3 rings (SSSR count). The zero-order chi connectivity index (χ0) is 18.5. The summed E-state index contributed by atoms with van der Waals surface area (Å²) in [7, 11) is 0. The number of halogens is 1. The molecule has 1 aromatic heterocycles. The van der Waals surface area contributed by atoms with Gasteiger partial charge in [0.1, 0.15) is 0 Å². The molecular formula is C20H25ClN2O2S. The Labute approximate surface area is 164 Å². The number of nitrogens with one attached hydrogen (secondary N) is 1. The minimum Gasteiger partial charge on any atom is -0.379 e. The van der Waals surface area contributed by atoms with E-state index in [-0.39, 0.29) is 5.91 Å². The molecule has 1 aliphatic heterocycles. The van der Waals surface area contributed by atoms with Crippen LogP contribution in [0.3, 0.4) is 0 Å². The lowest BCUT2D eigenvalue weighted by atomic mass is 10.0. The van der Waals surface area contributed by atoms with Crippen LogP contribution in [0.4, 0.5) is 0 Å². The molecule has 2 aromatic rings. The normalized spacial score (nSPS) is 16.6. The van der Waals surface area contributed by atoms with Gasteiger partial charge in [-0.1, -0.05) is 37.6 Å². The first-order chi connectivity index (χ1) is 12.5. The number of rotatable bonds is 6. The number of hydrogen-bond acceptors (Lipinski definition) is 4. The van der Waals surface area contributed by atoms with Crippen LogP contribution in [-0.2, 0) is 4.74 Å². The highest BCUT2D eigenvalue weighted by Crippen LogP contribution is 2.29. The molecular weight excluding hydrogens is 368 g/mol. The van der Waals surface area contributed by atoms with Gasteiger partial charge in [-0.25, -0.2) is 0 Å². The number of hydrogen-bond donors (Lipinski definition) is 1. The second kappa shape index (κ2) is 9.00. The van der Waals surface area contributed by atoms with Crippen molar-refractivity contribution in [2.24, 2.45) is 5.92 Å². The summed E-state index contributed by atoms with van der Waals surface area (Å²) in [5.74, 6) is 0.468. The van der Waals surface area contributed by atoms with Crippen LogP contribution >= 0.6 is 22.9 Å². The molecule has 1 aliphatic rings. The predicted molar refractivity (Wildman–Crippen MR) is 108 cm³/mol. The lowest BCUT2D eigenvalue weighted by Crippen LogP contribution is -2.51. The van der Waals surface area contributed by atoms with Gasteiger partial charge >= 0.3 is 0 Å². The SMILES string of the molecule is CC(C)C(CNC(=O)c1ccc(-c2ccc(Cl)cc2)s1)N1CCOCC1. The van der Waals surface area contributed by atoms with Gasteiger partial charge in [0.25, 0.3) is 5.91 Å². The van der Waals surface area contributed by atoms with Crippen LogP contribution in [0, 0.1) is 5.92 Å². The smallest absolute Gasteiger partial charge is 0.261 e. The van der Waals surface area contributed by atoms with Crippen molar-refractivity contribution in [1.82, 2.24) is 10.2 Å². The third-order valence-electron chi connectivity index (χ3n) is 4.71. The molecule has 26 heavy (non-hydrogen) atoms. The third kappa shape index (κ3) is 4.86. The maximum atomic E-state index is 12.6. The van der Waals surface area contributed by atoms with Gasteiger partial charge < -0.3 is 10.1 Å². The minimum atomic E-state index is -0.00544. The number of thiophene rings is 1. The molecule has 4 nitrogen and oxygen atoms in total. The highest BCUT2D eigenvalue weighted by molar-refractivity contribution is 7.17. The van der Waals surface area contributed by atoms with Gasteiger partial charge in [-0.3, -0.25) is 9.69 Å². The number of morpholine rings is 1. The molecule has 2 heterocycles. The van der Waals surface area contributed by atoms with Gasteiger partial charge in [0.2, 0.25) is 0 Å². The van der Waals surface area contributed by atoms with E-state index in [0.717, 1.165) is 41.6 Å². The Morgan fingerprint density at radius 3 is 2.54 bits per heavy atom. The van der Waals surface area contributed by atoms with Crippen molar-refractivity contribution in [1.29, 1.82) is 0 Å². The number of amides is 1. The summed E-state index contributed by atoms with van der Waals surface area (Å²) in [5.41, 5.74) is 1.08. The summed E-state index contributed by atoms with van der Waals surface area (Å²) < 4.78 is 5.44. The van der Waals surface area contributed by atoms with Crippen LogP contribution in [0.15, 0.2) is 36.4 Å². The summed E-state index contributed by atoms with van der Waals surface area (Å²) in [6, 6.07) is 11.9. The Balaban J connectivity index is 1.61. The first kappa shape index (κ1) is 19.4. The zero-order valence-corrected chi connectivity index (χ0v) is 16.8. The maximum Gasteiger partial charge on any atom is 0.261 e. The molecule has 140 valence electrons. The quantitative estimate of drug-likeness (QED) is 0.802. The van der Waals surface area contributed by atoms with Crippen LogP contribution < -0.4 is 5.32 Å². The Morgan fingerprint density at radius 1 is 1.19 bits per heavy atom. The molecule has 0 radical (unpaired) electrons. The molecule has 1 unspecified atom stereocenters. The fourth-order valence-electron chi connectivity index (χ4n) is 3.21. The van der Waals surface area contributed by atoms with Crippen molar-refractivity contribution in [2.45, 2.75) is 19.9 Å². The molecule has 0 spiro atoms. The van der Waals surface area contributed by atoms with E-state index >= 15 is 0 Å². The van der Waals surface area contributed by atoms with E-state index < -0.39 is 0 Å². The van der Waals surface area contributed by atoms with Crippen molar-refractivity contribution >= 4 is 28.8 Å². The lowest BCUT2D eigenvalue weighted by molar-refractivity contribution is 0.00674. The minimum absolute atomic E-state index is 0.00544. The highest BCUT2D eigenvalue weighted by atomic mass is 35.5. The number of carbonyl (C=O) groups is 1. The van der Waals surface area contributed by atoms with Crippen molar-refractivity contribution in [3.05, 3.63) is 46.3 Å². The van der Waals surface area contributed by atoms with Crippen molar-refractivity contribution in [2.75, 3.05) is 32.8 Å². The van der Waals surface area contributed by atoms with Gasteiger partial charge in [-0.15, -0.1) is 11.3 Å². The lowest BCUT2D eigenvalue weighted by Gasteiger charge is -2.36. The number of nitrogens with zero attached hydrogens (tertiary/aromatic N) is 1. The van der Waals surface area contributed by atoms with Gasteiger partial charge in [0, 0.05) is 35.6 Å². The van der Waals surface area contributed by atoms with E-state index in [0.29, 0.717) is 23.5 Å². The van der Waals surface area contributed by atoms with Crippen molar-refractivity contribution < 1.29 is 9.53 Å². The molecule has 1 amide bonds. The summed E-state index contributed by atoms with van der Waals surface area (Å²) >= 11 is 7.45. The van der Waals surface area contributed by atoms with Gasteiger partial charge in [0.15, 0.2) is 0 Å². The Kier molecular flexibility index (Phi) is 6.70. The summed E-state index contributed by atoms with van der Waals surface area (Å²) in [5, 5.41) is 3.83. The molecule has 1 atom stereocenters. The molecule has 1 saturated heterocycles. The zero-order valence-electron chi connectivity index (χ0n) is 15.2. The van der Waals surface area contributed by atoms with Crippen LogP contribution in [0.1, 0.15) is 23.5 Å². The Bertz CT molecular complexity index is 724. The second-order valence-corrected chi connectivity index (χ2v) is 8.36. The summed E-state index contributed by atoms with van der Waals surface area (Å²) in [6.45, 7) is 8.47. The van der Waals surface area contributed by atoms with Crippen LogP contribution in [0.5, 0.6) is 0 Å². The van der Waals surface area contributed by atoms with Crippen LogP contribution in [0.2, 0.25) is 5.02 Å². The molecule has 1 aromatic carbocycles. The topological polar surface area (TPSA) is 41.6 Å². The van der Waals surface area contributed by atoms with E-state index in [1.807, 2.05) is 36.4 Å². The Morgan fingerprint density at radius 2 is 1.88 bits per heavy atom. The second-order valence-electron chi connectivity index (χ2n) is 6.84. The maximum absolute atomic E-state index is 12.6. The Hall–Kier alpha value is -1.40. The fraction of sp³-hybridized carbons (Fsp3) is 0.450. The van der Waals surface area contributed by atoms with Gasteiger partial charge in [-0.2, -0.15) is 0 Å². The fourth-order valence-corrected chi connectivity index (χ4v) is 4.26. The molecule has 0 bridgehead atoms. The predicted octanol–water partition coefficient (Wildman–Crippen LogP) is 4.16. The molecule has 0 saturated carbocycles. The monoisotopic (exact) mass is 392 g/mol. The van der Waals surface area contributed by atoms with Gasteiger partial charge in [-0.05, 0) is 35.7 Å². The van der Waals surface area contributed by atoms with E-state index in [9.17, 15) is 4.79 Å². The van der Waals surface area contributed by atoms with Gasteiger partial charge in [0.05, 0.1) is 18.1 Å². The number of ether oxygens (including phenoxy) is 1. The average molecular weight is 393 g/mol. The third-order valence-corrected chi connectivity index (χ3v) is 6.10. The standard InChI is InChI=1S/C20H25ClN2O2S/c1-14(2)17(23-9-11-25-12-10-23)13-22-20(24)19-8-7-18(26-19)15-3-5-16(21)6-4-15/h3-8,14,17H,9-13H2,1-2H3,(H,22,24). The van der Waals surface area contributed by atoms with Crippen LogP contribution in [0.25, 0.3) is 10.4 Å². The summed E-state index contributed by atoms with van der Waals surface area (Å²) in [6.07, 6.45) is 0. The molecule has 1 N–H and O–H groups in total. The van der Waals surface area contributed by atoms with E-state index in [2.05, 4.69) is 24.1 Å². The molecule has 0 aliphatic carbocycles. The largest absolute Gasteiger partial charge is 0.379 e. The first-order valence-electron chi connectivity index (χ1n) is 9.00. The van der Waals surface area contributed by atoms with Crippen LogP contribution in [-0.4, -0.2) is 49.7 Å². The van der Waals surface area contributed by atoms with E-state index in [1.54, 1.807) is 0 Å². The van der Waals surface area contributed by atoms with Crippen molar-refractivity contribution in [3.8, 4) is 10.4 Å². The first-order valence-corrected chi connectivity index (χ1v) is 10.2. The summed E-state index contributed by atoms with van der Waals surface area (Å²) in [4.78, 5) is 16.8.